The summed E-state index contributed by atoms with van der Waals surface area (Å²) >= 11 is 6.13. The lowest BCUT2D eigenvalue weighted by molar-refractivity contribution is -0.126. The van der Waals surface area contributed by atoms with Crippen LogP contribution in [-0.2, 0) is 23.3 Å². The molecule has 1 atom stereocenters. The smallest absolute Gasteiger partial charge is 0.291 e. The Balaban J connectivity index is 1.47. The molecule has 5 aromatic rings. The van der Waals surface area contributed by atoms with Crippen LogP contribution in [0.5, 0.6) is 0 Å². The van der Waals surface area contributed by atoms with Gasteiger partial charge in [-0.05, 0) is 72.9 Å². The highest BCUT2D eigenvalue weighted by Gasteiger charge is 2.64. The third-order valence-electron chi connectivity index (χ3n) is 8.57. The summed E-state index contributed by atoms with van der Waals surface area (Å²) in [6.45, 7) is 4.33. The van der Waals surface area contributed by atoms with Crippen molar-refractivity contribution in [2.24, 2.45) is 0 Å². The van der Waals surface area contributed by atoms with Crippen molar-refractivity contribution >= 4 is 40.1 Å². The maximum Gasteiger partial charge on any atom is 0.291 e. The molecular weight excluding hydrogens is 548 g/mol. The predicted octanol–water partition coefficient (Wildman–Crippen LogP) is 6.55. The summed E-state index contributed by atoms with van der Waals surface area (Å²) in [7, 11) is 0. The monoisotopic (exact) mass is 574 g/mol. The summed E-state index contributed by atoms with van der Waals surface area (Å²) < 4.78 is 6.26. The van der Waals surface area contributed by atoms with Crippen LogP contribution in [0.4, 0.5) is 5.69 Å². The molecule has 1 spiro atoms. The molecule has 2 amide bonds. The Kier molecular flexibility index (Phi) is 6.06. The van der Waals surface area contributed by atoms with E-state index in [-0.39, 0.29) is 35.7 Å². The van der Waals surface area contributed by atoms with Crippen LogP contribution in [0.25, 0.3) is 11.0 Å². The van der Waals surface area contributed by atoms with Gasteiger partial charge in [0.25, 0.3) is 11.8 Å². The quantitative estimate of drug-likeness (QED) is 0.239. The van der Waals surface area contributed by atoms with E-state index in [1.807, 2.05) is 80.6 Å². The molecule has 0 radical (unpaired) electrons. The van der Waals surface area contributed by atoms with Gasteiger partial charge in [-0.1, -0.05) is 72.3 Å². The SMILES string of the molecule is Cc1cc2oc3c(c(=O)c2cc1C)C1(C(=O)N(Cc2ccc(Cl)cc2)c2ccccc21)N(CCc1ccccc1)C3=O. The first kappa shape index (κ1) is 26.2. The van der Waals surface area contributed by atoms with Gasteiger partial charge in [0.2, 0.25) is 5.76 Å². The Morgan fingerprint density at radius 1 is 0.810 bits per heavy atom. The van der Waals surface area contributed by atoms with Crippen LogP contribution >= 0.6 is 11.6 Å². The molecule has 0 saturated heterocycles. The summed E-state index contributed by atoms with van der Waals surface area (Å²) in [5, 5.41) is 0.955. The lowest BCUT2D eigenvalue weighted by Crippen LogP contribution is -2.53. The van der Waals surface area contributed by atoms with Gasteiger partial charge in [0.1, 0.15) is 5.58 Å². The Bertz CT molecular complexity index is 1970. The topological polar surface area (TPSA) is 70.8 Å². The zero-order valence-electron chi connectivity index (χ0n) is 23.2. The number of benzene rings is 4. The molecule has 0 saturated carbocycles. The number of rotatable bonds is 5. The zero-order chi connectivity index (χ0) is 29.2. The number of anilines is 1. The van der Waals surface area contributed by atoms with E-state index < -0.39 is 11.4 Å². The molecule has 7 rings (SSSR count). The van der Waals surface area contributed by atoms with E-state index in [2.05, 4.69) is 0 Å². The molecule has 208 valence electrons. The molecule has 0 aliphatic carbocycles. The van der Waals surface area contributed by atoms with Gasteiger partial charge in [0.05, 0.1) is 23.2 Å². The number of carbonyl (C=O) groups excluding carboxylic acids is 2. The minimum atomic E-state index is -1.65. The zero-order valence-corrected chi connectivity index (χ0v) is 23.9. The van der Waals surface area contributed by atoms with Crippen molar-refractivity contribution in [1.82, 2.24) is 4.90 Å². The summed E-state index contributed by atoms with van der Waals surface area (Å²) in [5.41, 5.74) is 3.43. The molecule has 1 aromatic heterocycles. The molecule has 2 aliphatic heterocycles. The van der Waals surface area contributed by atoms with Crippen molar-refractivity contribution in [2.45, 2.75) is 32.4 Å². The standard InChI is InChI=1S/C35H27ClN2O4/c1-21-18-26-29(19-22(21)2)42-32-30(31(26)39)35(38(33(32)40)17-16-23-8-4-3-5-9-23)27-10-6-7-11-28(27)37(34(35)41)20-24-12-14-25(36)15-13-24/h3-15,18-19H,16-17,20H2,1-2H3. The van der Waals surface area contributed by atoms with E-state index in [9.17, 15) is 14.4 Å². The molecule has 4 aromatic carbocycles. The van der Waals surface area contributed by atoms with E-state index in [1.165, 1.54) is 0 Å². The Labute approximate surface area is 247 Å². The number of halogens is 1. The van der Waals surface area contributed by atoms with Gasteiger partial charge in [-0.3, -0.25) is 14.4 Å². The van der Waals surface area contributed by atoms with Gasteiger partial charge in [0.15, 0.2) is 11.0 Å². The molecule has 7 heteroatoms. The summed E-state index contributed by atoms with van der Waals surface area (Å²) in [6.07, 6.45) is 0.501. The van der Waals surface area contributed by atoms with Crippen molar-refractivity contribution in [3.63, 3.8) is 0 Å². The summed E-state index contributed by atoms with van der Waals surface area (Å²) in [5.74, 6) is -0.885. The number of hydrogen-bond acceptors (Lipinski definition) is 4. The predicted molar refractivity (Wildman–Crippen MR) is 163 cm³/mol. The minimum Gasteiger partial charge on any atom is -0.450 e. The lowest BCUT2D eigenvalue weighted by Gasteiger charge is -2.34. The summed E-state index contributed by atoms with van der Waals surface area (Å²) in [6, 6.07) is 28.1. The Hall–Kier alpha value is -4.68. The Morgan fingerprint density at radius 2 is 1.50 bits per heavy atom. The van der Waals surface area contributed by atoms with E-state index in [1.54, 1.807) is 34.1 Å². The second-order valence-electron chi connectivity index (χ2n) is 11.0. The first-order chi connectivity index (χ1) is 20.3. The number of nitrogens with zero attached hydrogens (tertiary/aromatic N) is 2. The van der Waals surface area contributed by atoms with Crippen LogP contribution in [0.1, 0.15) is 43.9 Å². The average Bonchev–Trinajstić information content (AvgIpc) is 3.38. The highest BCUT2D eigenvalue weighted by atomic mass is 35.5. The van der Waals surface area contributed by atoms with Crippen LogP contribution in [0.15, 0.2) is 100 Å². The largest absolute Gasteiger partial charge is 0.450 e. The molecule has 0 bridgehead atoms. The third kappa shape index (κ3) is 3.75. The fourth-order valence-corrected chi connectivity index (χ4v) is 6.49. The second kappa shape index (κ2) is 9.71. The molecular formula is C35H27ClN2O4. The number of amides is 2. The van der Waals surface area contributed by atoms with Crippen LogP contribution in [-0.4, -0.2) is 23.3 Å². The normalized spacial score (nSPS) is 17.4. The van der Waals surface area contributed by atoms with Gasteiger partial charge < -0.3 is 14.2 Å². The van der Waals surface area contributed by atoms with Crippen molar-refractivity contribution in [3.05, 3.63) is 145 Å². The number of aryl methyl sites for hydroxylation is 2. The van der Waals surface area contributed by atoms with Gasteiger partial charge in [-0.25, -0.2) is 0 Å². The number of carbonyl (C=O) groups is 2. The molecule has 1 unspecified atom stereocenters. The molecule has 0 N–H and O–H groups in total. The van der Waals surface area contributed by atoms with Crippen LogP contribution < -0.4 is 10.3 Å². The molecule has 2 aliphatic rings. The fourth-order valence-electron chi connectivity index (χ4n) is 6.36. The summed E-state index contributed by atoms with van der Waals surface area (Å²) in [4.78, 5) is 46.9. The first-order valence-electron chi connectivity index (χ1n) is 13.9. The van der Waals surface area contributed by atoms with E-state index in [0.717, 1.165) is 22.3 Å². The highest BCUT2D eigenvalue weighted by molar-refractivity contribution is 6.30. The number of hydrogen-bond donors (Lipinski definition) is 0. The maximum atomic E-state index is 14.9. The van der Waals surface area contributed by atoms with Gasteiger partial charge in [0, 0.05) is 17.1 Å². The number of para-hydroxylation sites is 1. The van der Waals surface area contributed by atoms with Crippen molar-refractivity contribution in [3.8, 4) is 0 Å². The van der Waals surface area contributed by atoms with Crippen LogP contribution in [0.2, 0.25) is 5.02 Å². The molecule has 3 heterocycles. The lowest BCUT2D eigenvalue weighted by atomic mass is 9.83. The van der Waals surface area contributed by atoms with Crippen LogP contribution in [0.3, 0.4) is 0 Å². The molecule has 6 nitrogen and oxygen atoms in total. The maximum absolute atomic E-state index is 14.9. The van der Waals surface area contributed by atoms with Crippen LogP contribution in [0, 0.1) is 13.8 Å². The van der Waals surface area contributed by atoms with Crippen molar-refractivity contribution in [1.29, 1.82) is 0 Å². The van der Waals surface area contributed by atoms with E-state index >= 15 is 0 Å². The van der Waals surface area contributed by atoms with Gasteiger partial charge in [-0.15, -0.1) is 0 Å². The molecule has 0 fully saturated rings. The second-order valence-corrected chi connectivity index (χ2v) is 11.4. The van der Waals surface area contributed by atoms with Gasteiger partial charge >= 0.3 is 0 Å². The minimum absolute atomic E-state index is 0.0692. The first-order valence-corrected chi connectivity index (χ1v) is 14.3. The average molecular weight is 575 g/mol. The Morgan fingerprint density at radius 3 is 2.26 bits per heavy atom. The van der Waals surface area contributed by atoms with E-state index in [4.69, 9.17) is 16.0 Å². The highest BCUT2D eigenvalue weighted by Crippen LogP contribution is 2.53. The molecule has 42 heavy (non-hydrogen) atoms. The number of fused-ring (bicyclic) bond motifs is 5. The van der Waals surface area contributed by atoms with E-state index in [0.29, 0.717) is 33.7 Å². The third-order valence-corrected chi connectivity index (χ3v) is 8.82. The van der Waals surface area contributed by atoms with Crippen molar-refractivity contribution < 1.29 is 14.0 Å². The van der Waals surface area contributed by atoms with Gasteiger partial charge in [-0.2, -0.15) is 0 Å². The fraction of sp³-hybridized carbons (Fsp3) is 0.171. The van der Waals surface area contributed by atoms with Crippen molar-refractivity contribution in [2.75, 3.05) is 11.4 Å².